The van der Waals surface area contributed by atoms with Gasteiger partial charge in [0.05, 0.1) is 5.92 Å². The molecule has 4 aliphatic heterocycles. The minimum Gasteiger partial charge on any atom is -0.381 e. The minimum absolute atomic E-state index is 0.0314. The standard InChI is InChI=1S/C27H40N6O3/c1-18-13-24-22(25-23(26(34)30-24)16-29-33(25)20-4-11-36-12-5-20)14-21(18)27(35)32-9-7-31(8-10-32)17-19-3-2-6-28-15-19/h2-3,6,15,18,20-25,29H,4-5,7-14,16-17H2,1H3,(H,30,34). The van der Waals surface area contributed by atoms with Gasteiger partial charge in [-0.15, -0.1) is 0 Å². The van der Waals surface area contributed by atoms with Crippen molar-refractivity contribution < 1.29 is 14.3 Å². The average Bonchev–Trinajstić information content (AvgIpc) is 3.36. The molecule has 6 rings (SSSR count). The number of carbonyl (C=O) groups excluding carboxylic acids is 2. The van der Waals surface area contributed by atoms with Crippen LogP contribution in [0.1, 0.15) is 38.2 Å². The van der Waals surface area contributed by atoms with E-state index in [-0.39, 0.29) is 35.7 Å². The van der Waals surface area contributed by atoms with Gasteiger partial charge in [0.2, 0.25) is 11.8 Å². The van der Waals surface area contributed by atoms with Crippen LogP contribution in [0.5, 0.6) is 0 Å². The first-order valence-electron chi connectivity index (χ1n) is 13.9. The van der Waals surface area contributed by atoms with Crippen molar-refractivity contribution in [3.63, 3.8) is 0 Å². The van der Waals surface area contributed by atoms with Crippen molar-refractivity contribution in [2.45, 2.75) is 57.3 Å². The van der Waals surface area contributed by atoms with Gasteiger partial charge < -0.3 is 15.0 Å². The first-order chi connectivity index (χ1) is 17.6. The lowest BCUT2D eigenvalue weighted by Crippen LogP contribution is -2.64. The number of piperidine rings is 1. The van der Waals surface area contributed by atoms with E-state index in [9.17, 15) is 9.59 Å². The molecule has 5 fully saturated rings. The second-order valence-corrected chi connectivity index (χ2v) is 11.5. The number of aromatic nitrogens is 1. The van der Waals surface area contributed by atoms with E-state index in [1.807, 2.05) is 12.3 Å². The summed E-state index contributed by atoms with van der Waals surface area (Å²) in [6, 6.07) is 4.83. The van der Waals surface area contributed by atoms with Crippen molar-refractivity contribution in [2.24, 2.45) is 23.7 Å². The van der Waals surface area contributed by atoms with Crippen LogP contribution in [0.15, 0.2) is 24.5 Å². The zero-order valence-corrected chi connectivity index (χ0v) is 21.3. The van der Waals surface area contributed by atoms with Gasteiger partial charge in [0, 0.05) is 88.9 Å². The van der Waals surface area contributed by atoms with Crippen molar-refractivity contribution in [1.82, 2.24) is 30.5 Å². The molecule has 4 saturated heterocycles. The fraction of sp³-hybridized carbons (Fsp3) is 0.741. The molecule has 1 aromatic rings. The highest BCUT2D eigenvalue weighted by Crippen LogP contribution is 2.44. The van der Waals surface area contributed by atoms with E-state index in [0.29, 0.717) is 24.4 Å². The van der Waals surface area contributed by atoms with Crippen LogP contribution < -0.4 is 10.7 Å². The molecule has 0 radical (unpaired) electrons. The van der Waals surface area contributed by atoms with Crippen molar-refractivity contribution >= 4 is 11.8 Å². The summed E-state index contributed by atoms with van der Waals surface area (Å²) in [5.41, 5.74) is 4.81. The van der Waals surface area contributed by atoms with E-state index in [4.69, 9.17) is 4.74 Å². The second kappa shape index (κ2) is 10.4. The molecule has 6 unspecified atom stereocenters. The molecule has 1 aliphatic carbocycles. The SMILES string of the molecule is CC1CC2NC(=O)C3CNN(C4CCOCC4)C3C2CC1C(=O)N1CCN(Cc2cccnc2)CC1. The number of ether oxygens (including phenoxy) is 1. The van der Waals surface area contributed by atoms with Crippen molar-refractivity contribution in [1.29, 1.82) is 0 Å². The second-order valence-electron chi connectivity index (χ2n) is 11.5. The lowest BCUT2D eigenvalue weighted by molar-refractivity contribution is -0.144. The maximum atomic E-state index is 13.8. The average molecular weight is 497 g/mol. The van der Waals surface area contributed by atoms with E-state index in [1.54, 1.807) is 6.20 Å². The fourth-order valence-electron chi connectivity index (χ4n) is 7.43. The van der Waals surface area contributed by atoms with E-state index in [2.05, 4.69) is 43.5 Å². The Kier molecular flexibility index (Phi) is 6.99. The Hall–Kier alpha value is -2.07. The molecule has 5 aliphatic rings. The molecule has 196 valence electrons. The Morgan fingerprint density at radius 2 is 1.97 bits per heavy atom. The lowest BCUT2D eigenvalue weighted by atomic mass is 9.65. The number of amides is 2. The largest absolute Gasteiger partial charge is 0.381 e. The number of hydrogen-bond donors (Lipinski definition) is 2. The molecule has 9 nitrogen and oxygen atoms in total. The van der Waals surface area contributed by atoms with Crippen LogP contribution in [0, 0.1) is 23.7 Å². The van der Waals surface area contributed by atoms with Gasteiger partial charge in [0.15, 0.2) is 0 Å². The highest BCUT2D eigenvalue weighted by atomic mass is 16.5. The Bertz CT molecular complexity index is 933. The lowest BCUT2D eigenvalue weighted by Gasteiger charge is -2.50. The maximum Gasteiger partial charge on any atom is 0.226 e. The topological polar surface area (TPSA) is 90.0 Å². The number of nitrogens with one attached hydrogen (secondary N) is 2. The van der Waals surface area contributed by atoms with Gasteiger partial charge in [-0.25, -0.2) is 5.01 Å². The molecule has 0 spiro atoms. The quantitative estimate of drug-likeness (QED) is 0.639. The molecule has 36 heavy (non-hydrogen) atoms. The van der Waals surface area contributed by atoms with Gasteiger partial charge >= 0.3 is 0 Å². The van der Waals surface area contributed by atoms with Crippen LogP contribution in [0.25, 0.3) is 0 Å². The summed E-state index contributed by atoms with van der Waals surface area (Å²) < 4.78 is 5.60. The Labute approximate surface area is 213 Å². The van der Waals surface area contributed by atoms with Crippen LogP contribution in [-0.2, 0) is 20.9 Å². The van der Waals surface area contributed by atoms with Crippen LogP contribution in [0.2, 0.25) is 0 Å². The molecular formula is C27H40N6O3. The molecular weight excluding hydrogens is 456 g/mol. The van der Waals surface area contributed by atoms with Gasteiger partial charge in [-0.1, -0.05) is 13.0 Å². The van der Waals surface area contributed by atoms with Crippen molar-refractivity contribution in [3.05, 3.63) is 30.1 Å². The third-order valence-electron chi connectivity index (χ3n) is 9.40. The van der Waals surface area contributed by atoms with Crippen molar-refractivity contribution in [2.75, 3.05) is 45.9 Å². The highest BCUT2D eigenvalue weighted by Gasteiger charge is 2.55. The number of carbonyl (C=O) groups is 2. The Morgan fingerprint density at radius 1 is 1.17 bits per heavy atom. The summed E-state index contributed by atoms with van der Waals surface area (Å²) in [4.78, 5) is 35.6. The first-order valence-corrected chi connectivity index (χ1v) is 13.9. The summed E-state index contributed by atoms with van der Waals surface area (Å²) in [5, 5.41) is 5.75. The van der Waals surface area contributed by atoms with Crippen LogP contribution in [0.4, 0.5) is 0 Å². The normalized spacial score (nSPS) is 36.2. The molecule has 5 heterocycles. The maximum absolute atomic E-state index is 13.8. The van der Waals surface area contributed by atoms with Gasteiger partial charge in [-0.3, -0.25) is 24.9 Å². The van der Waals surface area contributed by atoms with E-state index < -0.39 is 0 Å². The molecule has 6 atom stereocenters. The van der Waals surface area contributed by atoms with E-state index in [1.165, 1.54) is 5.56 Å². The van der Waals surface area contributed by atoms with E-state index in [0.717, 1.165) is 71.6 Å². The monoisotopic (exact) mass is 496 g/mol. The predicted octanol–water partition coefficient (Wildman–Crippen LogP) is 0.871. The first kappa shape index (κ1) is 24.3. The number of pyridine rings is 1. The fourth-order valence-corrected chi connectivity index (χ4v) is 7.43. The third-order valence-corrected chi connectivity index (χ3v) is 9.40. The molecule has 1 saturated carbocycles. The van der Waals surface area contributed by atoms with E-state index >= 15 is 0 Å². The van der Waals surface area contributed by atoms with Gasteiger partial charge in [-0.05, 0) is 49.1 Å². The summed E-state index contributed by atoms with van der Waals surface area (Å²) in [7, 11) is 0. The molecule has 9 heteroatoms. The number of fused-ring (bicyclic) bond motifs is 3. The molecule has 0 bridgehead atoms. The Morgan fingerprint density at radius 3 is 2.72 bits per heavy atom. The summed E-state index contributed by atoms with van der Waals surface area (Å²) in [6.45, 7) is 8.73. The number of piperazine rings is 1. The molecule has 2 N–H and O–H groups in total. The van der Waals surface area contributed by atoms with Gasteiger partial charge in [-0.2, -0.15) is 0 Å². The number of nitrogens with zero attached hydrogens (tertiary/aromatic N) is 4. The predicted molar refractivity (Wildman–Crippen MR) is 134 cm³/mol. The number of hydrogen-bond acceptors (Lipinski definition) is 7. The van der Waals surface area contributed by atoms with Crippen molar-refractivity contribution in [3.8, 4) is 0 Å². The summed E-state index contributed by atoms with van der Waals surface area (Å²) in [6.07, 6.45) is 7.48. The zero-order chi connectivity index (χ0) is 24.6. The molecule has 1 aromatic heterocycles. The smallest absolute Gasteiger partial charge is 0.226 e. The van der Waals surface area contributed by atoms with Crippen LogP contribution in [0.3, 0.4) is 0 Å². The third kappa shape index (κ3) is 4.66. The van der Waals surface area contributed by atoms with Gasteiger partial charge in [0.25, 0.3) is 0 Å². The molecule has 0 aromatic carbocycles. The Balaban J connectivity index is 1.12. The molecule has 2 amide bonds. The zero-order valence-electron chi connectivity index (χ0n) is 21.3. The number of hydrazine groups is 1. The number of rotatable bonds is 4. The minimum atomic E-state index is -0.0331. The van der Waals surface area contributed by atoms with Gasteiger partial charge in [0.1, 0.15) is 0 Å². The summed E-state index contributed by atoms with van der Waals surface area (Å²) >= 11 is 0. The highest BCUT2D eigenvalue weighted by molar-refractivity contribution is 5.82. The summed E-state index contributed by atoms with van der Waals surface area (Å²) in [5.74, 6) is 1.08. The van der Waals surface area contributed by atoms with Crippen LogP contribution >= 0.6 is 0 Å². The van der Waals surface area contributed by atoms with Crippen LogP contribution in [-0.4, -0.2) is 95.7 Å².